The summed E-state index contributed by atoms with van der Waals surface area (Å²) >= 11 is 9.49. The van der Waals surface area contributed by atoms with Crippen molar-refractivity contribution in [3.63, 3.8) is 0 Å². The van der Waals surface area contributed by atoms with E-state index in [1.807, 2.05) is 19.9 Å². The van der Waals surface area contributed by atoms with Crippen LogP contribution in [0.2, 0.25) is 5.02 Å². The molecule has 1 heterocycles. The van der Waals surface area contributed by atoms with Crippen molar-refractivity contribution in [3.8, 4) is 0 Å². The minimum Gasteiger partial charge on any atom is -0.344 e. The van der Waals surface area contributed by atoms with E-state index in [2.05, 4.69) is 21.2 Å². The summed E-state index contributed by atoms with van der Waals surface area (Å²) in [6.45, 7) is 4.19. The topological polar surface area (TPSA) is 49.4 Å². The van der Waals surface area contributed by atoms with Gasteiger partial charge in [0.25, 0.3) is 0 Å². The van der Waals surface area contributed by atoms with Crippen LogP contribution in [0.15, 0.2) is 22.7 Å². The monoisotopic (exact) mass is 358 g/mol. The normalized spacial score (nSPS) is 20.1. The van der Waals surface area contributed by atoms with Gasteiger partial charge in [-0.05, 0) is 34.0 Å². The molecule has 2 rings (SSSR count). The number of hydrogen-bond donors (Lipinski definition) is 1. The van der Waals surface area contributed by atoms with Gasteiger partial charge >= 0.3 is 0 Å². The Bertz CT molecular complexity index is 548. The Labute approximate surface area is 131 Å². The van der Waals surface area contributed by atoms with Crippen molar-refractivity contribution >= 4 is 45.0 Å². The number of benzene rings is 1. The van der Waals surface area contributed by atoms with Gasteiger partial charge in [-0.1, -0.05) is 31.5 Å². The molecule has 1 N–H and O–H groups in total. The Balaban J connectivity index is 2.41. The highest BCUT2D eigenvalue weighted by atomic mass is 79.9. The Morgan fingerprint density at radius 3 is 2.75 bits per heavy atom. The van der Waals surface area contributed by atoms with Gasteiger partial charge in [-0.3, -0.25) is 9.59 Å². The number of amides is 2. The van der Waals surface area contributed by atoms with Crippen molar-refractivity contribution in [1.29, 1.82) is 0 Å². The first-order valence-electron chi connectivity index (χ1n) is 6.46. The van der Waals surface area contributed by atoms with Gasteiger partial charge in [0, 0.05) is 13.0 Å². The number of rotatable bonds is 2. The summed E-state index contributed by atoms with van der Waals surface area (Å²) in [4.78, 5) is 26.0. The molecule has 1 aromatic carbocycles. The first kappa shape index (κ1) is 15.3. The highest BCUT2D eigenvalue weighted by Gasteiger charge is 2.33. The average molecular weight is 360 g/mol. The SMILES string of the molecule is CC(C)C1NC(=O)CCN(c2cccc(Cl)c2Br)C1=O. The van der Waals surface area contributed by atoms with E-state index < -0.39 is 6.04 Å². The van der Waals surface area contributed by atoms with Crippen molar-refractivity contribution in [2.75, 3.05) is 11.4 Å². The number of hydrogen-bond acceptors (Lipinski definition) is 2. The van der Waals surface area contributed by atoms with Gasteiger partial charge in [0.2, 0.25) is 11.8 Å². The largest absolute Gasteiger partial charge is 0.344 e. The third-order valence-electron chi connectivity index (χ3n) is 3.30. The van der Waals surface area contributed by atoms with E-state index in [0.29, 0.717) is 21.7 Å². The Morgan fingerprint density at radius 2 is 2.10 bits per heavy atom. The van der Waals surface area contributed by atoms with Gasteiger partial charge in [-0.25, -0.2) is 0 Å². The number of carbonyl (C=O) groups is 2. The van der Waals surface area contributed by atoms with Gasteiger partial charge in [0.1, 0.15) is 6.04 Å². The van der Waals surface area contributed by atoms with E-state index in [1.165, 1.54) is 0 Å². The molecule has 108 valence electrons. The summed E-state index contributed by atoms with van der Waals surface area (Å²) in [6, 6.07) is 4.86. The summed E-state index contributed by atoms with van der Waals surface area (Å²) in [6.07, 6.45) is 0.286. The van der Waals surface area contributed by atoms with Crippen LogP contribution in [0.25, 0.3) is 0 Å². The predicted molar refractivity (Wildman–Crippen MR) is 82.9 cm³/mol. The molecule has 0 radical (unpaired) electrons. The zero-order valence-electron chi connectivity index (χ0n) is 11.3. The molecule has 0 bridgehead atoms. The highest BCUT2D eigenvalue weighted by Crippen LogP contribution is 2.34. The van der Waals surface area contributed by atoms with E-state index in [-0.39, 0.29) is 24.2 Å². The first-order chi connectivity index (χ1) is 9.41. The fourth-order valence-electron chi connectivity index (χ4n) is 2.19. The zero-order valence-corrected chi connectivity index (χ0v) is 13.7. The molecule has 1 fully saturated rings. The van der Waals surface area contributed by atoms with Crippen molar-refractivity contribution in [2.45, 2.75) is 26.3 Å². The van der Waals surface area contributed by atoms with Crippen LogP contribution in [0.4, 0.5) is 5.69 Å². The Hall–Kier alpha value is -1.07. The quantitative estimate of drug-likeness (QED) is 0.882. The van der Waals surface area contributed by atoms with Crippen LogP contribution in [0.3, 0.4) is 0 Å². The number of carbonyl (C=O) groups excluding carboxylic acids is 2. The maximum atomic E-state index is 12.6. The zero-order chi connectivity index (χ0) is 14.9. The molecule has 1 aliphatic heterocycles. The molecule has 0 aliphatic carbocycles. The van der Waals surface area contributed by atoms with Crippen LogP contribution in [0.1, 0.15) is 20.3 Å². The molecule has 0 aromatic heterocycles. The van der Waals surface area contributed by atoms with E-state index in [9.17, 15) is 9.59 Å². The molecular weight excluding hydrogens is 344 g/mol. The van der Waals surface area contributed by atoms with E-state index in [1.54, 1.807) is 17.0 Å². The van der Waals surface area contributed by atoms with Crippen molar-refractivity contribution in [3.05, 3.63) is 27.7 Å². The lowest BCUT2D eigenvalue weighted by Crippen LogP contribution is -2.48. The van der Waals surface area contributed by atoms with Gasteiger partial charge in [-0.2, -0.15) is 0 Å². The Kier molecular flexibility index (Phi) is 4.70. The first-order valence-corrected chi connectivity index (χ1v) is 7.63. The molecular formula is C14H16BrClN2O2. The molecule has 1 unspecified atom stereocenters. The minimum absolute atomic E-state index is 0.0324. The van der Waals surface area contributed by atoms with E-state index in [4.69, 9.17) is 11.6 Å². The van der Waals surface area contributed by atoms with Gasteiger partial charge < -0.3 is 10.2 Å². The molecule has 4 nitrogen and oxygen atoms in total. The molecule has 2 amide bonds. The molecule has 6 heteroatoms. The standard InChI is InChI=1S/C14H16BrClN2O2/c1-8(2)13-14(20)18(7-6-11(19)17-13)10-5-3-4-9(16)12(10)15/h3-5,8,13H,6-7H2,1-2H3,(H,17,19). The molecule has 1 atom stereocenters. The second kappa shape index (κ2) is 6.14. The lowest BCUT2D eigenvalue weighted by molar-refractivity contribution is -0.126. The smallest absolute Gasteiger partial charge is 0.249 e. The van der Waals surface area contributed by atoms with Crippen LogP contribution in [0.5, 0.6) is 0 Å². The molecule has 0 saturated carbocycles. The molecule has 1 aliphatic rings. The number of nitrogens with one attached hydrogen (secondary N) is 1. The second-order valence-electron chi connectivity index (χ2n) is 5.10. The summed E-state index contributed by atoms with van der Waals surface area (Å²) in [7, 11) is 0. The summed E-state index contributed by atoms with van der Waals surface area (Å²) in [5, 5.41) is 3.33. The van der Waals surface area contributed by atoms with Crippen molar-refractivity contribution in [1.82, 2.24) is 5.32 Å². The molecule has 0 spiro atoms. The molecule has 1 saturated heterocycles. The van der Waals surface area contributed by atoms with Gasteiger partial charge in [0.15, 0.2) is 0 Å². The predicted octanol–water partition coefficient (Wildman–Crippen LogP) is 2.98. The maximum Gasteiger partial charge on any atom is 0.249 e. The van der Waals surface area contributed by atoms with Crippen LogP contribution < -0.4 is 10.2 Å². The van der Waals surface area contributed by atoms with Gasteiger partial charge in [-0.15, -0.1) is 0 Å². The summed E-state index contributed by atoms with van der Waals surface area (Å²) in [5.74, 6) is -0.170. The van der Waals surface area contributed by atoms with Crippen LogP contribution >= 0.6 is 27.5 Å². The average Bonchev–Trinajstić information content (AvgIpc) is 2.53. The minimum atomic E-state index is -0.504. The Morgan fingerprint density at radius 1 is 1.40 bits per heavy atom. The van der Waals surface area contributed by atoms with Crippen molar-refractivity contribution in [2.24, 2.45) is 5.92 Å². The molecule has 1 aromatic rings. The van der Waals surface area contributed by atoms with Crippen LogP contribution in [-0.4, -0.2) is 24.4 Å². The van der Waals surface area contributed by atoms with Crippen LogP contribution in [0, 0.1) is 5.92 Å². The fraction of sp³-hybridized carbons (Fsp3) is 0.429. The lowest BCUT2D eigenvalue weighted by Gasteiger charge is -2.27. The number of anilines is 1. The van der Waals surface area contributed by atoms with Crippen molar-refractivity contribution < 1.29 is 9.59 Å². The molecule has 20 heavy (non-hydrogen) atoms. The second-order valence-corrected chi connectivity index (χ2v) is 6.30. The van der Waals surface area contributed by atoms with E-state index >= 15 is 0 Å². The number of nitrogens with zero attached hydrogens (tertiary/aromatic N) is 1. The van der Waals surface area contributed by atoms with E-state index in [0.717, 1.165) is 0 Å². The highest BCUT2D eigenvalue weighted by molar-refractivity contribution is 9.10. The summed E-state index contributed by atoms with van der Waals surface area (Å²) in [5.41, 5.74) is 0.699. The third kappa shape index (κ3) is 2.99. The van der Waals surface area contributed by atoms with Crippen LogP contribution in [-0.2, 0) is 9.59 Å². The van der Waals surface area contributed by atoms with Gasteiger partial charge in [0.05, 0.1) is 15.2 Å². The summed E-state index contributed by atoms with van der Waals surface area (Å²) < 4.78 is 0.673. The number of halogens is 2. The fourth-order valence-corrected chi connectivity index (χ4v) is 2.84. The maximum absolute atomic E-state index is 12.6. The lowest BCUT2D eigenvalue weighted by atomic mass is 10.0. The third-order valence-corrected chi connectivity index (χ3v) is 4.68.